The van der Waals surface area contributed by atoms with Gasteiger partial charge in [-0.3, -0.25) is 4.79 Å². The van der Waals surface area contributed by atoms with E-state index in [2.05, 4.69) is 0 Å². The second kappa shape index (κ2) is 5.04. The molecule has 1 aromatic carbocycles. The zero-order chi connectivity index (χ0) is 13.2. The predicted octanol–water partition coefficient (Wildman–Crippen LogP) is 3.24. The van der Waals surface area contributed by atoms with E-state index >= 15 is 0 Å². The monoisotopic (exact) mass is 254 g/mol. The van der Waals surface area contributed by atoms with Crippen molar-refractivity contribution in [3.63, 3.8) is 0 Å². The van der Waals surface area contributed by atoms with E-state index in [1.807, 2.05) is 18.2 Å². The van der Waals surface area contributed by atoms with Crippen LogP contribution in [0.2, 0.25) is 0 Å². The highest BCUT2D eigenvalue weighted by atomic mass is 19.3. The lowest BCUT2D eigenvalue weighted by atomic mass is 9.81. The van der Waals surface area contributed by atoms with Crippen LogP contribution >= 0.6 is 0 Å². The first-order valence-corrected chi connectivity index (χ1v) is 6.04. The summed E-state index contributed by atoms with van der Waals surface area (Å²) in [6.45, 7) is 0. The van der Waals surface area contributed by atoms with Gasteiger partial charge < -0.3 is 4.74 Å². The summed E-state index contributed by atoms with van der Waals surface area (Å²) in [5, 5.41) is 0. The van der Waals surface area contributed by atoms with Gasteiger partial charge in [0.05, 0.1) is 7.11 Å². The Morgan fingerprint density at radius 3 is 2.83 bits per heavy atom. The number of hydrogen-bond donors (Lipinski definition) is 0. The summed E-state index contributed by atoms with van der Waals surface area (Å²) in [6.07, 6.45) is -0.344. The lowest BCUT2D eigenvalue weighted by Crippen LogP contribution is -2.33. The van der Waals surface area contributed by atoms with Gasteiger partial charge >= 0.3 is 0 Å². The van der Waals surface area contributed by atoms with Crippen LogP contribution in [-0.2, 0) is 11.2 Å². The number of Topliss-reactive ketones (excluding diaryl/α,β-unsaturated/α-hetero) is 1. The predicted molar refractivity (Wildman–Crippen MR) is 64.0 cm³/mol. The summed E-state index contributed by atoms with van der Waals surface area (Å²) >= 11 is 0. The molecule has 1 atom stereocenters. The number of alkyl halides is 2. The van der Waals surface area contributed by atoms with Crippen LogP contribution in [0.3, 0.4) is 0 Å². The maximum atomic E-state index is 13.3. The Labute approximate surface area is 105 Å². The fraction of sp³-hybridized carbons (Fsp3) is 0.500. The molecule has 4 heteroatoms. The van der Waals surface area contributed by atoms with Crippen LogP contribution in [-0.4, -0.2) is 18.8 Å². The van der Waals surface area contributed by atoms with Gasteiger partial charge in [0.15, 0.2) is 0 Å². The summed E-state index contributed by atoms with van der Waals surface area (Å²) in [7, 11) is 1.54. The van der Waals surface area contributed by atoms with Crippen LogP contribution < -0.4 is 4.74 Å². The molecule has 0 amide bonds. The number of methoxy groups -OCH3 is 1. The van der Waals surface area contributed by atoms with Gasteiger partial charge in [0, 0.05) is 25.2 Å². The molecule has 1 aliphatic carbocycles. The second-order valence-corrected chi connectivity index (χ2v) is 4.74. The lowest BCUT2D eigenvalue weighted by molar-refractivity contribution is -0.135. The highest BCUT2D eigenvalue weighted by Gasteiger charge is 2.40. The van der Waals surface area contributed by atoms with Gasteiger partial charge in [-0.1, -0.05) is 18.2 Å². The van der Waals surface area contributed by atoms with Gasteiger partial charge in [0.2, 0.25) is 5.92 Å². The molecule has 1 fully saturated rings. The quantitative estimate of drug-likeness (QED) is 0.827. The SMILES string of the molecule is COc1ccccc1CC1CC(F)(F)CCC1=O. The molecule has 1 saturated carbocycles. The molecule has 0 spiro atoms. The Bertz CT molecular complexity index is 443. The average molecular weight is 254 g/mol. The van der Waals surface area contributed by atoms with Crippen molar-refractivity contribution in [2.45, 2.75) is 31.6 Å². The third kappa shape index (κ3) is 2.86. The van der Waals surface area contributed by atoms with Gasteiger partial charge in [-0.25, -0.2) is 8.78 Å². The minimum Gasteiger partial charge on any atom is -0.496 e. The van der Waals surface area contributed by atoms with Crippen molar-refractivity contribution in [1.29, 1.82) is 0 Å². The van der Waals surface area contributed by atoms with E-state index in [1.165, 1.54) is 7.11 Å². The Kier molecular flexibility index (Phi) is 3.64. The fourth-order valence-electron chi connectivity index (χ4n) is 2.41. The van der Waals surface area contributed by atoms with Crippen molar-refractivity contribution in [3.05, 3.63) is 29.8 Å². The number of benzene rings is 1. The normalized spacial score (nSPS) is 22.8. The number of rotatable bonds is 3. The Morgan fingerprint density at radius 2 is 2.11 bits per heavy atom. The number of halogens is 2. The standard InChI is InChI=1S/C14H16F2O2/c1-18-13-5-3-2-4-10(13)8-11-9-14(15,16)7-6-12(11)17/h2-5,11H,6-9H2,1H3. The van der Waals surface area contributed by atoms with Crippen molar-refractivity contribution >= 4 is 5.78 Å². The molecule has 98 valence electrons. The maximum Gasteiger partial charge on any atom is 0.249 e. The number of carbonyl (C=O) groups excluding carboxylic acids is 1. The largest absolute Gasteiger partial charge is 0.496 e. The molecule has 0 aromatic heterocycles. The Hall–Kier alpha value is -1.45. The maximum absolute atomic E-state index is 13.3. The Morgan fingerprint density at radius 1 is 1.39 bits per heavy atom. The number of hydrogen-bond acceptors (Lipinski definition) is 2. The summed E-state index contributed by atoms with van der Waals surface area (Å²) in [5.41, 5.74) is 0.816. The zero-order valence-electron chi connectivity index (χ0n) is 10.3. The molecule has 0 heterocycles. The fourth-order valence-corrected chi connectivity index (χ4v) is 2.41. The third-order valence-electron chi connectivity index (χ3n) is 3.40. The van der Waals surface area contributed by atoms with Gasteiger partial charge in [0.25, 0.3) is 0 Å². The molecular weight excluding hydrogens is 238 g/mol. The van der Waals surface area contributed by atoms with Crippen molar-refractivity contribution in [2.75, 3.05) is 7.11 Å². The van der Waals surface area contributed by atoms with Crippen LogP contribution in [0.5, 0.6) is 5.75 Å². The first-order chi connectivity index (χ1) is 8.52. The average Bonchev–Trinajstić information content (AvgIpc) is 2.34. The van der Waals surface area contributed by atoms with Crippen molar-refractivity contribution in [1.82, 2.24) is 0 Å². The lowest BCUT2D eigenvalue weighted by Gasteiger charge is -2.28. The van der Waals surface area contributed by atoms with Crippen LogP contribution in [0, 0.1) is 5.92 Å². The van der Waals surface area contributed by atoms with Gasteiger partial charge in [-0.15, -0.1) is 0 Å². The second-order valence-electron chi connectivity index (χ2n) is 4.74. The Balaban J connectivity index is 2.14. The van der Waals surface area contributed by atoms with Crippen LogP contribution in [0.4, 0.5) is 8.78 Å². The highest BCUT2D eigenvalue weighted by molar-refractivity contribution is 5.82. The van der Waals surface area contributed by atoms with Gasteiger partial charge in [0.1, 0.15) is 11.5 Å². The molecule has 0 bridgehead atoms. The summed E-state index contributed by atoms with van der Waals surface area (Å²) in [4.78, 5) is 11.7. The zero-order valence-corrected chi connectivity index (χ0v) is 10.3. The minimum absolute atomic E-state index is 0.0210. The van der Waals surface area contributed by atoms with E-state index in [-0.39, 0.29) is 25.0 Å². The molecule has 2 nitrogen and oxygen atoms in total. The molecule has 1 aliphatic rings. The van der Waals surface area contributed by atoms with Gasteiger partial charge in [-0.2, -0.15) is 0 Å². The van der Waals surface area contributed by atoms with Gasteiger partial charge in [-0.05, 0) is 18.1 Å². The van der Waals surface area contributed by atoms with Crippen LogP contribution in [0.25, 0.3) is 0 Å². The summed E-state index contributed by atoms with van der Waals surface area (Å²) in [5.74, 6) is -2.71. The van der Waals surface area contributed by atoms with Crippen molar-refractivity contribution in [2.24, 2.45) is 5.92 Å². The van der Waals surface area contributed by atoms with Crippen molar-refractivity contribution in [3.8, 4) is 5.75 Å². The molecule has 1 unspecified atom stereocenters. The first kappa shape index (κ1) is 13.0. The number of carbonyl (C=O) groups is 1. The van der Waals surface area contributed by atoms with E-state index in [4.69, 9.17) is 4.74 Å². The first-order valence-electron chi connectivity index (χ1n) is 6.04. The van der Waals surface area contributed by atoms with E-state index in [0.717, 1.165) is 5.56 Å². The molecule has 0 aliphatic heterocycles. The van der Waals surface area contributed by atoms with Crippen molar-refractivity contribution < 1.29 is 18.3 Å². The van der Waals surface area contributed by atoms with E-state index < -0.39 is 11.8 Å². The number of ether oxygens (including phenoxy) is 1. The molecule has 2 rings (SSSR count). The number of para-hydroxylation sites is 1. The molecule has 18 heavy (non-hydrogen) atoms. The highest BCUT2D eigenvalue weighted by Crippen LogP contribution is 2.37. The van der Waals surface area contributed by atoms with E-state index in [9.17, 15) is 13.6 Å². The topological polar surface area (TPSA) is 26.3 Å². The molecule has 0 radical (unpaired) electrons. The molecule has 0 saturated heterocycles. The van der Waals surface area contributed by atoms with Crippen LogP contribution in [0.15, 0.2) is 24.3 Å². The smallest absolute Gasteiger partial charge is 0.249 e. The van der Waals surface area contributed by atoms with Crippen LogP contribution in [0.1, 0.15) is 24.8 Å². The van der Waals surface area contributed by atoms with E-state index in [0.29, 0.717) is 12.2 Å². The minimum atomic E-state index is -2.71. The number of ketones is 1. The third-order valence-corrected chi connectivity index (χ3v) is 3.40. The molecule has 0 N–H and O–H groups in total. The van der Waals surface area contributed by atoms with E-state index in [1.54, 1.807) is 6.07 Å². The summed E-state index contributed by atoms with van der Waals surface area (Å²) < 4.78 is 31.8. The molecular formula is C14H16F2O2. The molecule has 1 aromatic rings. The summed E-state index contributed by atoms with van der Waals surface area (Å²) in [6, 6.07) is 7.24.